The second kappa shape index (κ2) is 5.48. The maximum absolute atomic E-state index is 12.0. The Morgan fingerprint density at radius 1 is 1.40 bits per heavy atom. The number of rotatable bonds is 4. The van der Waals surface area contributed by atoms with E-state index >= 15 is 0 Å². The van der Waals surface area contributed by atoms with E-state index in [4.69, 9.17) is 9.15 Å². The molecule has 0 radical (unpaired) electrons. The number of hydrogen-bond acceptors (Lipinski definition) is 5. The molecular formula is C14H17NO5. The summed E-state index contributed by atoms with van der Waals surface area (Å²) in [5, 5.41) is 2.76. The molecule has 1 aromatic heterocycles. The average molecular weight is 279 g/mol. The third-order valence-corrected chi connectivity index (χ3v) is 3.12. The molecule has 0 aliphatic heterocycles. The van der Waals surface area contributed by atoms with Crippen LogP contribution in [-0.4, -0.2) is 24.0 Å². The maximum Gasteiger partial charge on any atom is 0.342 e. The van der Waals surface area contributed by atoms with Crippen LogP contribution in [0, 0.1) is 13.8 Å². The molecule has 1 atom stereocenters. The van der Waals surface area contributed by atoms with E-state index in [1.165, 1.54) is 19.9 Å². The van der Waals surface area contributed by atoms with E-state index in [2.05, 4.69) is 5.32 Å². The second-order valence-corrected chi connectivity index (χ2v) is 5.01. The molecule has 2 rings (SSSR count). The number of amides is 1. The largest absolute Gasteiger partial charge is 0.449 e. The van der Waals surface area contributed by atoms with Gasteiger partial charge < -0.3 is 14.5 Å². The highest BCUT2D eigenvalue weighted by Crippen LogP contribution is 2.19. The van der Waals surface area contributed by atoms with Crippen LogP contribution < -0.4 is 10.9 Å². The van der Waals surface area contributed by atoms with Crippen LogP contribution in [0.1, 0.15) is 41.4 Å². The van der Waals surface area contributed by atoms with Crippen LogP contribution in [0.2, 0.25) is 0 Å². The molecule has 1 aromatic rings. The van der Waals surface area contributed by atoms with Gasteiger partial charge in [0.15, 0.2) is 6.10 Å². The third-order valence-electron chi connectivity index (χ3n) is 3.12. The Hall–Kier alpha value is -2.11. The van der Waals surface area contributed by atoms with Crippen molar-refractivity contribution in [2.45, 2.75) is 45.8 Å². The lowest BCUT2D eigenvalue weighted by Gasteiger charge is -2.14. The van der Waals surface area contributed by atoms with Gasteiger partial charge in [-0.25, -0.2) is 9.59 Å². The quantitative estimate of drug-likeness (QED) is 0.833. The number of hydrogen-bond donors (Lipinski definition) is 1. The SMILES string of the molecule is Cc1cc(=O)oc(C)c1C(=O)O[C@@H](C)C(=O)NC1CC1. The van der Waals surface area contributed by atoms with E-state index in [0.29, 0.717) is 5.56 Å². The molecule has 0 bridgehead atoms. The van der Waals surface area contributed by atoms with Crippen molar-refractivity contribution in [1.29, 1.82) is 0 Å². The Labute approximate surface area is 116 Å². The van der Waals surface area contributed by atoms with Crippen molar-refractivity contribution >= 4 is 11.9 Å². The third kappa shape index (κ3) is 3.26. The lowest BCUT2D eigenvalue weighted by Crippen LogP contribution is -2.37. The van der Waals surface area contributed by atoms with Crippen molar-refractivity contribution < 1.29 is 18.7 Å². The molecule has 20 heavy (non-hydrogen) atoms. The number of esters is 1. The van der Waals surface area contributed by atoms with Crippen LogP contribution in [0.25, 0.3) is 0 Å². The first kappa shape index (κ1) is 14.3. The van der Waals surface area contributed by atoms with Crippen molar-refractivity contribution in [2.24, 2.45) is 0 Å². The Balaban J connectivity index is 2.07. The van der Waals surface area contributed by atoms with Gasteiger partial charge >= 0.3 is 11.6 Å². The Morgan fingerprint density at radius 2 is 2.05 bits per heavy atom. The summed E-state index contributed by atoms with van der Waals surface area (Å²) >= 11 is 0. The van der Waals surface area contributed by atoms with E-state index < -0.39 is 17.7 Å². The number of ether oxygens (including phenoxy) is 1. The normalized spacial score (nSPS) is 15.6. The number of carbonyl (C=O) groups is 2. The minimum atomic E-state index is -0.881. The fourth-order valence-electron chi connectivity index (χ4n) is 1.88. The van der Waals surface area contributed by atoms with Gasteiger partial charge in [-0.3, -0.25) is 4.79 Å². The van der Waals surface area contributed by atoms with Crippen LogP contribution in [0.15, 0.2) is 15.3 Å². The fourth-order valence-corrected chi connectivity index (χ4v) is 1.88. The second-order valence-electron chi connectivity index (χ2n) is 5.01. The van der Waals surface area contributed by atoms with Crippen LogP contribution in [-0.2, 0) is 9.53 Å². The minimum absolute atomic E-state index is 0.190. The highest BCUT2D eigenvalue weighted by Gasteiger charge is 2.28. The lowest BCUT2D eigenvalue weighted by molar-refractivity contribution is -0.129. The van der Waals surface area contributed by atoms with Gasteiger partial charge in [-0.15, -0.1) is 0 Å². The van der Waals surface area contributed by atoms with Gasteiger partial charge in [-0.1, -0.05) is 0 Å². The fraction of sp³-hybridized carbons (Fsp3) is 0.500. The zero-order chi connectivity index (χ0) is 14.9. The predicted octanol–water partition coefficient (Wildman–Crippen LogP) is 1.08. The Kier molecular flexibility index (Phi) is 3.92. The van der Waals surface area contributed by atoms with E-state index in [1.807, 2.05) is 0 Å². The molecule has 1 saturated carbocycles. The number of nitrogens with one attached hydrogen (secondary N) is 1. The molecule has 1 aliphatic carbocycles. The molecule has 1 heterocycles. The Bertz CT molecular complexity index is 574. The van der Waals surface area contributed by atoms with Crippen LogP contribution in [0.3, 0.4) is 0 Å². The van der Waals surface area contributed by atoms with Gasteiger partial charge in [-0.05, 0) is 39.2 Å². The summed E-state index contributed by atoms with van der Waals surface area (Å²) in [4.78, 5) is 34.9. The van der Waals surface area contributed by atoms with Crippen LogP contribution in [0.5, 0.6) is 0 Å². The van der Waals surface area contributed by atoms with E-state index in [-0.39, 0.29) is 23.3 Å². The Morgan fingerprint density at radius 3 is 2.60 bits per heavy atom. The first-order chi connectivity index (χ1) is 9.38. The van der Waals surface area contributed by atoms with E-state index in [1.54, 1.807) is 6.92 Å². The van der Waals surface area contributed by atoms with Crippen molar-refractivity contribution in [3.63, 3.8) is 0 Å². The molecule has 0 aromatic carbocycles. The molecule has 108 valence electrons. The highest BCUT2D eigenvalue weighted by atomic mass is 16.5. The lowest BCUT2D eigenvalue weighted by atomic mass is 10.1. The van der Waals surface area contributed by atoms with Crippen molar-refractivity contribution in [3.8, 4) is 0 Å². The topological polar surface area (TPSA) is 85.6 Å². The number of carbonyl (C=O) groups excluding carboxylic acids is 2. The molecular weight excluding hydrogens is 262 g/mol. The molecule has 1 aliphatic rings. The highest BCUT2D eigenvalue weighted by molar-refractivity contribution is 5.94. The standard InChI is InChI=1S/C14H17NO5/c1-7-6-11(16)19-8(2)12(7)14(18)20-9(3)13(17)15-10-4-5-10/h6,9-10H,4-5H2,1-3H3,(H,15,17)/t9-/m0/s1. The maximum atomic E-state index is 12.0. The summed E-state index contributed by atoms with van der Waals surface area (Å²) in [6.45, 7) is 4.65. The zero-order valence-electron chi connectivity index (χ0n) is 11.7. The van der Waals surface area contributed by atoms with E-state index in [9.17, 15) is 14.4 Å². The zero-order valence-corrected chi connectivity index (χ0v) is 11.7. The molecule has 0 spiro atoms. The molecule has 1 amide bonds. The summed E-state index contributed by atoms with van der Waals surface area (Å²) in [6, 6.07) is 1.43. The average Bonchev–Trinajstić information content (AvgIpc) is 3.11. The minimum Gasteiger partial charge on any atom is -0.449 e. The molecule has 0 saturated heterocycles. The van der Waals surface area contributed by atoms with Gasteiger partial charge in [0.2, 0.25) is 0 Å². The van der Waals surface area contributed by atoms with Crippen molar-refractivity contribution in [3.05, 3.63) is 33.4 Å². The van der Waals surface area contributed by atoms with Crippen molar-refractivity contribution in [2.75, 3.05) is 0 Å². The van der Waals surface area contributed by atoms with Crippen molar-refractivity contribution in [1.82, 2.24) is 5.32 Å². The van der Waals surface area contributed by atoms with Gasteiger partial charge in [-0.2, -0.15) is 0 Å². The smallest absolute Gasteiger partial charge is 0.342 e. The molecule has 1 N–H and O–H groups in total. The first-order valence-electron chi connectivity index (χ1n) is 6.51. The number of aryl methyl sites for hydroxylation is 2. The summed E-state index contributed by atoms with van der Waals surface area (Å²) in [5.41, 5.74) is 0.144. The van der Waals surface area contributed by atoms with Crippen LogP contribution >= 0.6 is 0 Å². The van der Waals surface area contributed by atoms with Gasteiger partial charge in [0.1, 0.15) is 11.3 Å². The molecule has 6 nitrogen and oxygen atoms in total. The van der Waals surface area contributed by atoms with Gasteiger partial charge in [0.25, 0.3) is 5.91 Å². The van der Waals surface area contributed by atoms with Crippen LogP contribution in [0.4, 0.5) is 0 Å². The van der Waals surface area contributed by atoms with Gasteiger partial charge in [0, 0.05) is 12.1 Å². The van der Waals surface area contributed by atoms with E-state index in [0.717, 1.165) is 12.8 Å². The summed E-state index contributed by atoms with van der Waals surface area (Å²) < 4.78 is 9.99. The molecule has 6 heteroatoms. The summed E-state index contributed by atoms with van der Waals surface area (Å²) in [7, 11) is 0. The predicted molar refractivity (Wildman–Crippen MR) is 70.5 cm³/mol. The first-order valence-corrected chi connectivity index (χ1v) is 6.51. The summed E-state index contributed by atoms with van der Waals surface area (Å²) in [5.74, 6) is -0.787. The summed E-state index contributed by atoms with van der Waals surface area (Å²) in [6.07, 6.45) is 1.05. The monoisotopic (exact) mass is 279 g/mol. The van der Waals surface area contributed by atoms with Gasteiger partial charge in [0.05, 0.1) is 0 Å². The molecule has 0 unspecified atom stereocenters. The molecule has 1 fully saturated rings.